The molecule has 1 aromatic rings. The van der Waals surface area contributed by atoms with Crippen LogP contribution in [0.3, 0.4) is 0 Å². The first-order valence-corrected chi connectivity index (χ1v) is 5.62. The molecule has 1 fully saturated rings. The molecule has 1 aromatic heterocycles. The van der Waals surface area contributed by atoms with E-state index in [2.05, 4.69) is 15.5 Å². The minimum absolute atomic E-state index is 0.0550. The minimum Gasteiger partial charge on any atom is -0.481 e. The van der Waals surface area contributed by atoms with E-state index >= 15 is 0 Å². The van der Waals surface area contributed by atoms with Crippen LogP contribution in [0.2, 0.25) is 0 Å². The number of hydrogen-bond donors (Lipinski definition) is 3. The molecule has 0 unspecified atom stereocenters. The van der Waals surface area contributed by atoms with Gasteiger partial charge in [0.2, 0.25) is 0 Å². The number of carboxylic acids is 1. The lowest BCUT2D eigenvalue weighted by Gasteiger charge is -2.10. The van der Waals surface area contributed by atoms with Gasteiger partial charge in [-0.1, -0.05) is 0 Å². The van der Waals surface area contributed by atoms with Gasteiger partial charge < -0.3 is 10.4 Å². The van der Waals surface area contributed by atoms with Crippen molar-refractivity contribution < 1.29 is 14.7 Å². The van der Waals surface area contributed by atoms with Crippen LogP contribution in [0.5, 0.6) is 0 Å². The molecule has 2 atom stereocenters. The Hall–Kier alpha value is -1.85. The van der Waals surface area contributed by atoms with Crippen LogP contribution >= 0.6 is 0 Å². The molecule has 0 radical (unpaired) electrons. The van der Waals surface area contributed by atoms with Gasteiger partial charge in [0.05, 0.1) is 5.92 Å². The molecule has 0 spiro atoms. The van der Waals surface area contributed by atoms with Crippen LogP contribution in [0.1, 0.15) is 35.4 Å². The molecule has 3 N–H and O–H groups in total. The lowest BCUT2D eigenvalue weighted by molar-refractivity contribution is -0.141. The van der Waals surface area contributed by atoms with Crippen LogP contribution in [0, 0.1) is 12.8 Å². The molecule has 6 nitrogen and oxygen atoms in total. The number of H-pyrrole nitrogens is 1. The molecule has 0 aromatic carbocycles. The molecular formula is C11H15N3O3. The second-order valence-corrected chi connectivity index (χ2v) is 4.45. The number of nitrogens with one attached hydrogen (secondary N) is 2. The zero-order chi connectivity index (χ0) is 12.4. The van der Waals surface area contributed by atoms with E-state index in [0.717, 1.165) is 5.69 Å². The predicted octanol–water partition coefficient (Wildman–Crippen LogP) is 0.701. The van der Waals surface area contributed by atoms with Gasteiger partial charge in [-0.3, -0.25) is 14.7 Å². The van der Waals surface area contributed by atoms with E-state index in [9.17, 15) is 9.59 Å². The highest BCUT2D eigenvalue weighted by atomic mass is 16.4. The third kappa shape index (κ3) is 2.64. The molecule has 1 amide bonds. The van der Waals surface area contributed by atoms with Crippen LogP contribution in [0.15, 0.2) is 6.07 Å². The van der Waals surface area contributed by atoms with E-state index in [1.165, 1.54) is 0 Å². The highest BCUT2D eigenvalue weighted by molar-refractivity contribution is 5.92. The second kappa shape index (κ2) is 4.57. The molecule has 2 rings (SSSR count). The molecule has 1 aliphatic rings. The number of aryl methyl sites for hydroxylation is 1. The van der Waals surface area contributed by atoms with Gasteiger partial charge >= 0.3 is 5.97 Å². The highest BCUT2D eigenvalue weighted by Gasteiger charge is 2.30. The fourth-order valence-corrected chi connectivity index (χ4v) is 2.13. The zero-order valence-corrected chi connectivity index (χ0v) is 9.56. The van der Waals surface area contributed by atoms with Crippen molar-refractivity contribution in [2.24, 2.45) is 5.92 Å². The quantitative estimate of drug-likeness (QED) is 0.721. The van der Waals surface area contributed by atoms with Gasteiger partial charge in [0, 0.05) is 11.7 Å². The van der Waals surface area contributed by atoms with E-state index in [-0.39, 0.29) is 17.9 Å². The lowest BCUT2D eigenvalue weighted by atomic mass is 10.1. The Morgan fingerprint density at radius 3 is 2.82 bits per heavy atom. The predicted molar refractivity (Wildman–Crippen MR) is 59.6 cm³/mol. The van der Waals surface area contributed by atoms with Crippen LogP contribution in [0.25, 0.3) is 0 Å². The molecular weight excluding hydrogens is 222 g/mol. The van der Waals surface area contributed by atoms with Crippen molar-refractivity contribution in [2.45, 2.75) is 32.2 Å². The molecule has 1 aliphatic carbocycles. The zero-order valence-electron chi connectivity index (χ0n) is 9.56. The normalized spacial score (nSPS) is 23.6. The van der Waals surface area contributed by atoms with E-state index in [1.54, 1.807) is 6.07 Å². The monoisotopic (exact) mass is 237 g/mol. The molecule has 1 heterocycles. The molecule has 0 aliphatic heterocycles. The van der Waals surface area contributed by atoms with Crippen molar-refractivity contribution in [3.63, 3.8) is 0 Å². The maximum Gasteiger partial charge on any atom is 0.306 e. The lowest BCUT2D eigenvalue weighted by Crippen LogP contribution is -2.33. The Morgan fingerprint density at radius 2 is 2.29 bits per heavy atom. The standard InChI is InChI=1S/C11H15N3O3/c1-6-4-9(14-13-6)10(15)12-8-3-2-7(5-8)11(16)17/h4,7-8H,2-3,5H2,1H3,(H,12,15)(H,13,14)(H,16,17)/t7-,8+/m0/s1. The third-order valence-corrected chi connectivity index (χ3v) is 3.06. The Morgan fingerprint density at radius 1 is 1.53 bits per heavy atom. The average Bonchev–Trinajstić information content (AvgIpc) is 2.86. The van der Waals surface area contributed by atoms with Gasteiger partial charge in [-0.2, -0.15) is 5.10 Å². The molecule has 0 bridgehead atoms. The van der Waals surface area contributed by atoms with Gasteiger partial charge in [-0.25, -0.2) is 0 Å². The van der Waals surface area contributed by atoms with Crippen molar-refractivity contribution in [3.05, 3.63) is 17.5 Å². The van der Waals surface area contributed by atoms with E-state index in [4.69, 9.17) is 5.11 Å². The number of nitrogens with zero attached hydrogens (tertiary/aromatic N) is 1. The summed E-state index contributed by atoms with van der Waals surface area (Å²) in [6.45, 7) is 1.82. The van der Waals surface area contributed by atoms with E-state index in [0.29, 0.717) is 25.0 Å². The van der Waals surface area contributed by atoms with Gasteiger partial charge in [0.1, 0.15) is 5.69 Å². The summed E-state index contributed by atoms with van der Waals surface area (Å²) < 4.78 is 0. The Labute approximate surface area is 98.4 Å². The second-order valence-electron chi connectivity index (χ2n) is 4.45. The summed E-state index contributed by atoms with van der Waals surface area (Å²) in [4.78, 5) is 22.5. The Bertz CT molecular complexity index is 441. The number of aromatic amines is 1. The highest BCUT2D eigenvalue weighted by Crippen LogP contribution is 2.25. The van der Waals surface area contributed by atoms with Crippen molar-refractivity contribution >= 4 is 11.9 Å². The molecule has 17 heavy (non-hydrogen) atoms. The van der Waals surface area contributed by atoms with E-state index < -0.39 is 5.97 Å². The van der Waals surface area contributed by atoms with Crippen LogP contribution in [-0.4, -0.2) is 33.2 Å². The number of aromatic nitrogens is 2. The summed E-state index contributed by atoms with van der Waals surface area (Å²) in [6.07, 6.45) is 1.84. The molecule has 0 saturated heterocycles. The largest absolute Gasteiger partial charge is 0.481 e. The van der Waals surface area contributed by atoms with Gasteiger partial charge in [0.25, 0.3) is 5.91 Å². The fraction of sp³-hybridized carbons (Fsp3) is 0.545. The Kier molecular flexibility index (Phi) is 3.12. The van der Waals surface area contributed by atoms with Crippen molar-refractivity contribution in [1.29, 1.82) is 0 Å². The first kappa shape index (κ1) is 11.6. The number of carbonyl (C=O) groups is 2. The van der Waals surface area contributed by atoms with Gasteiger partial charge in [-0.15, -0.1) is 0 Å². The van der Waals surface area contributed by atoms with Gasteiger partial charge in [-0.05, 0) is 32.3 Å². The maximum absolute atomic E-state index is 11.7. The smallest absolute Gasteiger partial charge is 0.306 e. The minimum atomic E-state index is -0.780. The van der Waals surface area contributed by atoms with Crippen molar-refractivity contribution in [1.82, 2.24) is 15.5 Å². The third-order valence-electron chi connectivity index (χ3n) is 3.06. The molecule has 6 heteroatoms. The van der Waals surface area contributed by atoms with Crippen LogP contribution in [-0.2, 0) is 4.79 Å². The van der Waals surface area contributed by atoms with Gasteiger partial charge in [0.15, 0.2) is 0 Å². The SMILES string of the molecule is Cc1cc(C(=O)N[C@@H]2CC[C@H](C(=O)O)C2)n[nH]1. The summed E-state index contributed by atoms with van der Waals surface area (Å²) in [6, 6.07) is 1.61. The molecule has 1 saturated carbocycles. The summed E-state index contributed by atoms with van der Waals surface area (Å²) in [7, 11) is 0. The maximum atomic E-state index is 11.7. The number of carboxylic acid groups (broad SMARTS) is 1. The van der Waals surface area contributed by atoms with E-state index in [1.807, 2.05) is 6.92 Å². The number of carbonyl (C=O) groups excluding carboxylic acids is 1. The number of amides is 1. The topological polar surface area (TPSA) is 95.1 Å². The molecule has 92 valence electrons. The summed E-state index contributed by atoms with van der Waals surface area (Å²) in [5.74, 6) is -1.36. The first-order valence-electron chi connectivity index (χ1n) is 5.62. The van der Waals surface area contributed by atoms with Crippen LogP contribution in [0.4, 0.5) is 0 Å². The van der Waals surface area contributed by atoms with Crippen LogP contribution < -0.4 is 5.32 Å². The number of rotatable bonds is 3. The first-order chi connectivity index (χ1) is 8.06. The number of aliphatic carboxylic acids is 1. The van der Waals surface area contributed by atoms with Crippen molar-refractivity contribution in [2.75, 3.05) is 0 Å². The Balaban J connectivity index is 1.90. The summed E-state index contributed by atoms with van der Waals surface area (Å²) in [5.41, 5.74) is 1.17. The van der Waals surface area contributed by atoms with Crippen molar-refractivity contribution in [3.8, 4) is 0 Å². The summed E-state index contributed by atoms with van der Waals surface area (Å²) >= 11 is 0. The fourth-order valence-electron chi connectivity index (χ4n) is 2.13. The number of hydrogen-bond acceptors (Lipinski definition) is 3. The average molecular weight is 237 g/mol. The summed E-state index contributed by atoms with van der Waals surface area (Å²) in [5, 5.41) is 18.2.